The Morgan fingerprint density at radius 1 is 1.07 bits per heavy atom. The van der Waals surface area contributed by atoms with Gasteiger partial charge in [0.1, 0.15) is 5.75 Å². The van der Waals surface area contributed by atoms with Gasteiger partial charge in [-0.15, -0.1) is 0 Å². The van der Waals surface area contributed by atoms with E-state index in [1.807, 2.05) is 25.1 Å². The molecule has 0 bridgehead atoms. The summed E-state index contributed by atoms with van der Waals surface area (Å²) in [5.74, 6) is -0.257. The van der Waals surface area contributed by atoms with Crippen molar-refractivity contribution in [1.82, 2.24) is 5.32 Å². The summed E-state index contributed by atoms with van der Waals surface area (Å²) in [4.78, 5) is 24.5. The lowest BCUT2D eigenvalue weighted by molar-refractivity contribution is -0.145. The van der Waals surface area contributed by atoms with Crippen LogP contribution in [0, 0.1) is 6.92 Å². The Hall–Kier alpha value is -2.82. The monoisotopic (exact) mass is 369 g/mol. The molecule has 1 amide bonds. The third-order valence-electron chi connectivity index (χ3n) is 4.18. The predicted octanol–water partition coefficient (Wildman–Crippen LogP) is 3.70. The molecule has 0 fully saturated rings. The first-order valence-electron chi connectivity index (χ1n) is 8.88. The van der Waals surface area contributed by atoms with Gasteiger partial charge in [0.25, 0.3) is 5.91 Å². The molecule has 144 valence electrons. The van der Waals surface area contributed by atoms with E-state index in [1.54, 1.807) is 24.3 Å². The Bertz CT molecular complexity index is 794. The van der Waals surface area contributed by atoms with E-state index in [2.05, 4.69) is 32.2 Å². The number of nitrogens with one attached hydrogen (secondary N) is 1. The number of aryl methyl sites for hydroxylation is 1. The van der Waals surface area contributed by atoms with Crippen LogP contribution >= 0.6 is 0 Å². The quantitative estimate of drug-likeness (QED) is 0.789. The highest BCUT2D eigenvalue weighted by molar-refractivity contribution is 5.86. The molecule has 1 atom stereocenters. The van der Waals surface area contributed by atoms with Gasteiger partial charge in [0.05, 0.1) is 7.11 Å². The normalized spacial score (nSPS) is 12.2. The van der Waals surface area contributed by atoms with Gasteiger partial charge in [-0.1, -0.05) is 68.8 Å². The second kappa shape index (κ2) is 8.71. The van der Waals surface area contributed by atoms with Crippen LogP contribution in [0.15, 0.2) is 48.5 Å². The zero-order chi connectivity index (χ0) is 20.0. The van der Waals surface area contributed by atoms with Gasteiger partial charge in [-0.2, -0.15) is 0 Å². The molecule has 2 aromatic carbocycles. The van der Waals surface area contributed by atoms with Gasteiger partial charge in [0, 0.05) is 0 Å². The van der Waals surface area contributed by atoms with E-state index in [9.17, 15) is 9.59 Å². The molecular weight excluding hydrogens is 342 g/mol. The number of carbonyl (C=O) groups excluding carboxylic acids is 2. The van der Waals surface area contributed by atoms with Crippen molar-refractivity contribution in [3.8, 4) is 5.75 Å². The van der Waals surface area contributed by atoms with Crippen LogP contribution < -0.4 is 10.1 Å². The number of esters is 1. The average molecular weight is 369 g/mol. The molecule has 5 nitrogen and oxygen atoms in total. The van der Waals surface area contributed by atoms with E-state index < -0.39 is 17.9 Å². The fraction of sp³-hybridized carbons (Fsp3) is 0.364. The molecule has 0 heterocycles. The molecule has 0 saturated carbocycles. The first kappa shape index (κ1) is 20.5. The number of hydrogen-bond donors (Lipinski definition) is 1. The number of rotatable bonds is 6. The van der Waals surface area contributed by atoms with Crippen LogP contribution in [0.5, 0.6) is 5.75 Å². The Morgan fingerprint density at radius 3 is 2.33 bits per heavy atom. The van der Waals surface area contributed by atoms with E-state index in [-0.39, 0.29) is 12.0 Å². The van der Waals surface area contributed by atoms with Crippen LogP contribution in [0.25, 0.3) is 0 Å². The molecule has 27 heavy (non-hydrogen) atoms. The summed E-state index contributed by atoms with van der Waals surface area (Å²) in [7, 11) is 1.29. The smallest absolute Gasteiger partial charge is 0.333 e. The lowest BCUT2D eigenvalue weighted by Gasteiger charge is -2.23. The van der Waals surface area contributed by atoms with Gasteiger partial charge >= 0.3 is 5.97 Å². The number of carbonyl (C=O) groups is 2. The van der Waals surface area contributed by atoms with E-state index in [0.29, 0.717) is 11.3 Å². The molecule has 0 saturated heterocycles. The average Bonchev–Trinajstić information content (AvgIpc) is 2.64. The van der Waals surface area contributed by atoms with Gasteiger partial charge < -0.3 is 14.8 Å². The summed E-state index contributed by atoms with van der Waals surface area (Å²) in [5.41, 5.74) is 2.70. The van der Waals surface area contributed by atoms with Crippen LogP contribution in [0.1, 0.15) is 43.5 Å². The van der Waals surface area contributed by atoms with Gasteiger partial charge in [0.2, 0.25) is 0 Å². The van der Waals surface area contributed by atoms with Gasteiger partial charge in [-0.25, -0.2) is 4.79 Å². The van der Waals surface area contributed by atoms with Gasteiger partial charge in [-0.05, 0) is 29.5 Å². The lowest BCUT2D eigenvalue weighted by Crippen LogP contribution is -2.37. The highest BCUT2D eigenvalue weighted by Gasteiger charge is 2.24. The minimum Gasteiger partial charge on any atom is -0.483 e. The second-order valence-electron chi connectivity index (χ2n) is 7.47. The fourth-order valence-electron chi connectivity index (χ4n) is 2.74. The molecular formula is C22H27NO4. The third kappa shape index (κ3) is 5.58. The van der Waals surface area contributed by atoms with Crippen LogP contribution in [-0.4, -0.2) is 25.6 Å². The minimum absolute atomic E-state index is 0.115. The molecule has 0 radical (unpaired) electrons. The van der Waals surface area contributed by atoms with Crippen molar-refractivity contribution in [2.75, 3.05) is 13.7 Å². The van der Waals surface area contributed by atoms with Crippen molar-refractivity contribution >= 4 is 11.9 Å². The first-order chi connectivity index (χ1) is 12.7. The second-order valence-corrected chi connectivity index (χ2v) is 7.47. The molecule has 0 spiro atoms. The maximum atomic E-state index is 12.4. The number of ether oxygens (including phenoxy) is 2. The third-order valence-corrected chi connectivity index (χ3v) is 4.18. The molecule has 0 aromatic heterocycles. The van der Waals surface area contributed by atoms with E-state index >= 15 is 0 Å². The lowest BCUT2D eigenvalue weighted by atomic mass is 9.85. The topological polar surface area (TPSA) is 64.6 Å². The molecule has 0 aliphatic carbocycles. The standard InChI is InChI=1S/C22H27NO4/c1-15-11-12-18(17(13-15)22(2,3)4)27-14-19(24)23-20(21(25)26-5)16-9-7-6-8-10-16/h6-13,20H,14H2,1-5H3,(H,23,24). The van der Waals surface area contributed by atoms with Crippen molar-refractivity contribution in [3.05, 3.63) is 65.2 Å². The highest BCUT2D eigenvalue weighted by atomic mass is 16.5. The summed E-state index contributed by atoms with van der Waals surface area (Å²) in [6.07, 6.45) is 0. The van der Waals surface area contributed by atoms with E-state index in [0.717, 1.165) is 11.1 Å². The molecule has 0 aliphatic rings. The maximum absolute atomic E-state index is 12.4. The Balaban J connectivity index is 2.10. The summed E-state index contributed by atoms with van der Waals surface area (Å²) >= 11 is 0. The van der Waals surface area contributed by atoms with Crippen molar-refractivity contribution in [2.45, 2.75) is 39.2 Å². The van der Waals surface area contributed by atoms with Crippen molar-refractivity contribution in [2.24, 2.45) is 0 Å². The molecule has 2 rings (SSSR count). The number of benzene rings is 2. The molecule has 0 aliphatic heterocycles. The van der Waals surface area contributed by atoms with Crippen molar-refractivity contribution in [3.63, 3.8) is 0 Å². The Labute approximate surface area is 160 Å². The largest absolute Gasteiger partial charge is 0.483 e. The van der Waals surface area contributed by atoms with Gasteiger partial charge in [0.15, 0.2) is 12.6 Å². The Morgan fingerprint density at radius 2 is 1.74 bits per heavy atom. The van der Waals surface area contributed by atoms with Crippen LogP contribution in [0.3, 0.4) is 0 Å². The zero-order valence-corrected chi connectivity index (χ0v) is 16.5. The number of hydrogen-bond acceptors (Lipinski definition) is 4. The molecule has 5 heteroatoms. The van der Waals surface area contributed by atoms with Crippen LogP contribution in [0.2, 0.25) is 0 Å². The summed E-state index contributed by atoms with van der Waals surface area (Å²) in [5, 5.41) is 2.69. The van der Waals surface area contributed by atoms with Crippen LogP contribution in [0.4, 0.5) is 0 Å². The van der Waals surface area contributed by atoms with Crippen molar-refractivity contribution in [1.29, 1.82) is 0 Å². The predicted molar refractivity (Wildman–Crippen MR) is 105 cm³/mol. The maximum Gasteiger partial charge on any atom is 0.333 e. The minimum atomic E-state index is -0.868. The van der Waals surface area contributed by atoms with Crippen LogP contribution in [-0.2, 0) is 19.7 Å². The zero-order valence-electron chi connectivity index (χ0n) is 16.5. The first-order valence-corrected chi connectivity index (χ1v) is 8.88. The van der Waals surface area contributed by atoms with E-state index in [1.165, 1.54) is 7.11 Å². The summed E-state index contributed by atoms with van der Waals surface area (Å²) < 4.78 is 10.6. The van der Waals surface area contributed by atoms with E-state index in [4.69, 9.17) is 9.47 Å². The molecule has 1 unspecified atom stereocenters. The number of amides is 1. The van der Waals surface area contributed by atoms with Gasteiger partial charge in [-0.3, -0.25) is 4.79 Å². The SMILES string of the molecule is COC(=O)C(NC(=O)COc1ccc(C)cc1C(C)(C)C)c1ccccc1. The number of methoxy groups -OCH3 is 1. The summed E-state index contributed by atoms with van der Waals surface area (Å²) in [6.45, 7) is 8.12. The van der Waals surface area contributed by atoms with Crippen molar-refractivity contribution < 1.29 is 19.1 Å². The highest BCUT2D eigenvalue weighted by Crippen LogP contribution is 2.32. The molecule has 2 aromatic rings. The fourth-order valence-corrected chi connectivity index (χ4v) is 2.74. The summed E-state index contributed by atoms with van der Waals surface area (Å²) in [6, 6.07) is 14.0. The molecule has 1 N–H and O–H groups in total. The Kier molecular flexibility index (Phi) is 6.61.